The molecule has 0 bridgehead atoms. The van der Waals surface area contributed by atoms with Crippen LogP contribution in [0.3, 0.4) is 0 Å². The van der Waals surface area contributed by atoms with Crippen LogP contribution >= 0.6 is 15.9 Å². The predicted molar refractivity (Wildman–Crippen MR) is 85.8 cm³/mol. The molecule has 1 aliphatic carbocycles. The maximum Gasteiger partial charge on any atom is 0.241 e. The summed E-state index contributed by atoms with van der Waals surface area (Å²) in [5.41, 5.74) is 1.89. The Hall–Kier alpha value is -0.390. The van der Waals surface area contributed by atoms with Crippen LogP contribution in [0, 0.1) is 19.8 Å². The van der Waals surface area contributed by atoms with Gasteiger partial charge in [0.1, 0.15) is 0 Å². The first-order valence-corrected chi connectivity index (χ1v) is 9.70. The van der Waals surface area contributed by atoms with Gasteiger partial charge < -0.3 is 0 Å². The average Bonchev–Trinajstić information content (AvgIpc) is 2.38. The van der Waals surface area contributed by atoms with E-state index in [4.69, 9.17) is 0 Å². The Morgan fingerprint density at radius 2 is 1.95 bits per heavy atom. The number of nitrogens with one attached hydrogen (secondary N) is 1. The van der Waals surface area contributed by atoms with E-state index in [0.717, 1.165) is 35.7 Å². The topological polar surface area (TPSA) is 46.2 Å². The van der Waals surface area contributed by atoms with Gasteiger partial charge in [0.2, 0.25) is 10.0 Å². The largest absolute Gasteiger partial charge is 0.241 e. The molecule has 112 valence electrons. The lowest BCUT2D eigenvalue weighted by Crippen LogP contribution is -2.42. The van der Waals surface area contributed by atoms with Gasteiger partial charge in [-0.15, -0.1) is 0 Å². The van der Waals surface area contributed by atoms with E-state index in [1.807, 2.05) is 26.0 Å². The van der Waals surface area contributed by atoms with E-state index >= 15 is 0 Å². The highest BCUT2D eigenvalue weighted by Crippen LogP contribution is 2.27. The molecule has 1 saturated carbocycles. The summed E-state index contributed by atoms with van der Waals surface area (Å²) in [6, 6.07) is 5.52. The van der Waals surface area contributed by atoms with Gasteiger partial charge >= 0.3 is 0 Å². The van der Waals surface area contributed by atoms with Crippen LogP contribution in [-0.2, 0) is 10.0 Å². The van der Waals surface area contributed by atoms with E-state index in [0.29, 0.717) is 10.8 Å². The van der Waals surface area contributed by atoms with Crippen LogP contribution in [0.2, 0.25) is 0 Å². The second-order valence-corrected chi connectivity index (χ2v) is 8.03. The van der Waals surface area contributed by atoms with E-state index in [2.05, 4.69) is 20.7 Å². The molecule has 0 radical (unpaired) electrons. The Balaban J connectivity index is 2.22. The monoisotopic (exact) mass is 359 g/mol. The van der Waals surface area contributed by atoms with Crippen molar-refractivity contribution in [1.29, 1.82) is 0 Å². The van der Waals surface area contributed by atoms with Gasteiger partial charge in [-0.1, -0.05) is 46.5 Å². The number of benzene rings is 1. The second kappa shape index (κ2) is 6.58. The molecule has 1 aromatic rings. The minimum absolute atomic E-state index is 0.0498. The smallest absolute Gasteiger partial charge is 0.208 e. The molecule has 0 aromatic heterocycles. The van der Waals surface area contributed by atoms with Crippen molar-refractivity contribution in [2.45, 2.75) is 50.5 Å². The van der Waals surface area contributed by atoms with Crippen LogP contribution in [0.1, 0.15) is 36.8 Å². The van der Waals surface area contributed by atoms with Gasteiger partial charge in [-0.05, 0) is 44.2 Å². The fourth-order valence-electron chi connectivity index (χ4n) is 2.91. The van der Waals surface area contributed by atoms with Gasteiger partial charge in [0.05, 0.1) is 4.90 Å². The van der Waals surface area contributed by atoms with Gasteiger partial charge in [-0.2, -0.15) is 0 Å². The zero-order chi connectivity index (χ0) is 14.8. The summed E-state index contributed by atoms with van der Waals surface area (Å²) in [4.78, 5) is 0.405. The molecule has 0 heterocycles. The highest BCUT2D eigenvalue weighted by Gasteiger charge is 2.29. The first-order chi connectivity index (χ1) is 9.44. The molecular weight excluding hydrogens is 338 g/mol. The van der Waals surface area contributed by atoms with Crippen molar-refractivity contribution in [2.24, 2.45) is 5.92 Å². The minimum Gasteiger partial charge on any atom is -0.208 e. The van der Waals surface area contributed by atoms with E-state index in [-0.39, 0.29) is 6.04 Å². The molecular formula is C15H22BrNO2S. The molecule has 0 spiro atoms. The third kappa shape index (κ3) is 3.62. The number of sulfonamides is 1. The summed E-state index contributed by atoms with van der Waals surface area (Å²) in [5, 5.41) is 0.854. The van der Waals surface area contributed by atoms with Crippen LogP contribution in [0.4, 0.5) is 0 Å². The predicted octanol–water partition coefficient (Wildman–Crippen LogP) is 3.54. The fraction of sp³-hybridized carbons (Fsp3) is 0.600. The lowest BCUT2D eigenvalue weighted by Gasteiger charge is -2.30. The van der Waals surface area contributed by atoms with Gasteiger partial charge in [-0.3, -0.25) is 0 Å². The zero-order valence-corrected chi connectivity index (χ0v) is 14.4. The Morgan fingerprint density at radius 3 is 2.60 bits per heavy atom. The van der Waals surface area contributed by atoms with Gasteiger partial charge in [0, 0.05) is 11.4 Å². The van der Waals surface area contributed by atoms with E-state index in [9.17, 15) is 8.42 Å². The van der Waals surface area contributed by atoms with Crippen molar-refractivity contribution in [1.82, 2.24) is 4.72 Å². The quantitative estimate of drug-likeness (QED) is 0.835. The number of halogens is 1. The van der Waals surface area contributed by atoms with Crippen LogP contribution < -0.4 is 4.72 Å². The number of hydrogen-bond donors (Lipinski definition) is 1. The van der Waals surface area contributed by atoms with Crippen LogP contribution in [0.5, 0.6) is 0 Å². The van der Waals surface area contributed by atoms with Crippen molar-refractivity contribution < 1.29 is 8.42 Å². The summed E-state index contributed by atoms with van der Waals surface area (Å²) in [7, 11) is -3.42. The lowest BCUT2D eigenvalue weighted by atomic mass is 9.87. The molecule has 1 aromatic carbocycles. The lowest BCUT2D eigenvalue weighted by molar-refractivity contribution is 0.316. The number of aryl methyl sites for hydroxylation is 2. The van der Waals surface area contributed by atoms with Crippen molar-refractivity contribution >= 4 is 26.0 Å². The normalized spacial score (nSPS) is 23.8. The van der Waals surface area contributed by atoms with Crippen molar-refractivity contribution in [3.8, 4) is 0 Å². The Kier molecular flexibility index (Phi) is 5.26. The first-order valence-electron chi connectivity index (χ1n) is 7.09. The fourth-order valence-corrected chi connectivity index (χ4v) is 5.25. The van der Waals surface area contributed by atoms with Crippen molar-refractivity contribution in [3.05, 3.63) is 29.3 Å². The molecule has 1 aliphatic rings. The van der Waals surface area contributed by atoms with E-state index in [1.54, 1.807) is 6.07 Å². The van der Waals surface area contributed by atoms with Gasteiger partial charge in [0.15, 0.2) is 0 Å². The van der Waals surface area contributed by atoms with Gasteiger partial charge in [0.25, 0.3) is 0 Å². The molecule has 2 atom stereocenters. The SMILES string of the molecule is Cc1ccc(S(=O)(=O)NC2CCCCC2CBr)c(C)c1. The van der Waals surface area contributed by atoms with E-state index in [1.165, 1.54) is 6.42 Å². The Labute approximate surface area is 130 Å². The third-order valence-electron chi connectivity index (χ3n) is 4.03. The summed E-state index contributed by atoms with van der Waals surface area (Å²) in [6.07, 6.45) is 4.31. The Morgan fingerprint density at radius 1 is 1.25 bits per heavy atom. The highest BCUT2D eigenvalue weighted by molar-refractivity contribution is 9.09. The van der Waals surface area contributed by atoms with Crippen LogP contribution in [-0.4, -0.2) is 19.8 Å². The van der Waals surface area contributed by atoms with Crippen LogP contribution in [0.15, 0.2) is 23.1 Å². The maximum absolute atomic E-state index is 12.6. The number of alkyl halides is 1. The maximum atomic E-state index is 12.6. The average molecular weight is 360 g/mol. The summed E-state index contributed by atoms with van der Waals surface area (Å²) >= 11 is 3.50. The standard InChI is InChI=1S/C15H22BrNO2S/c1-11-7-8-15(12(2)9-11)20(18,19)17-14-6-4-3-5-13(14)10-16/h7-9,13-14,17H,3-6,10H2,1-2H3. The van der Waals surface area contributed by atoms with Crippen LogP contribution in [0.25, 0.3) is 0 Å². The highest BCUT2D eigenvalue weighted by atomic mass is 79.9. The molecule has 3 nitrogen and oxygen atoms in total. The zero-order valence-electron chi connectivity index (χ0n) is 12.0. The summed E-state index contributed by atoms with van der Waals surface area (Å²) in [5.74, 6) is 0.393. The molecule has 0 aliphatic heterocycles. The summed E-state index contributed by atoms with van der Waals surface area (Å²) < 4.78 is 28.1. The first kappa shape index (κ1) is 16.0. The second-order valence-electron chi connectivity index (χ2n) is 5.70. The molecule has 0 saturated heterocycles. The molecule has 0 amide bonds. The Bertz CT molecular complexity index is 571. The van der Waals surface area contributed by atoms with Crippen molar-refractivity contribution in [2.75, 3.05) is 5.33 Å². The molecule has 2 rings (SSSR count). The van der Waals surface area contributed by atoms with Gasteiger partial charge in [-0.25, -0.2) is 13.1 Å². The molecule has 2 unspecified atom stereocenters. The molecule has 1 N–H and O–H groups in total. The van der Waals surface area contributed by atoms with E-state index < -0.39 is 10.0 Å². The van der Waals surface area contributed by atoms with Crippen molar-refractivity contribution in [3.63, 3.8) is 0 Å². The summed E-state index contributed by atoms with van der Waals surface area (Å²) in [6.45, 7) is 3.82. The number of rotatable bonds is 4. The molecule has 20 heavy (non-hydrogen) atoms. The third-order valence-corrected chi connectivity index (χ3v) is 6.52. The molecule has 1 fully saturated rings. The number of hydrogen-bond acceptors (Lipinski definition) is 2. The minimum atomic E-state index is -3.42. The molecule has 5 heteroatoms.